The van der Waals surface area contributed by atoms with Crippen molar-refractivity contribution in [2.75, 3.05) is 6.61 Å². The van der Waals surface area contributed by atoms with Gasteiger partial charge in [-0.2, -0.15) is 0 Å². The molecule has 1 atom stereocenters. The SMILES string of the molecule is N[C@H](CCO)c1ccc2c(c1)OC(F)(F)O2. The minimum absolute atomic E-state index is 0.00931. The van der Waals surface area contributed by atoms with Gasteiger partial charge in [0.05, 0.1) is 0 Å². The maximum absolute atomic E-state index is 12.7. The van der Waals surface area contributed by atoms with Crippen LogP contribution < -0.4 is 15.2 Å². The van der Waals surface area contributed by atoms with Crippen molar-refractivity contribution in [3.63, 3.8) is 0 Å². The molecule has 6 heteroatoms. The summed E-state index contributed by atoms with van der Waals surface area (Å²) in [4.78, 5) is 0. The number of halogens is 2. The lowest BCUT2D eigenvalue weighted by Gasteiger charge is -2.10. The largest absolute Gasteiger partial charge is 0.586 e. The van der Waals surface area contributed by atoms with Gasteiger partial charge in [0.25, 0.3) is 0 Å². The molecular weight excluding hydrogens is 220 g/mol. The summed E-state index contributed by atoms with van der Waals surface area (Å²) in [6.45, 7) is -0.0637. The van der Waals surface area contributed by atoms with E-state index in [1.807, 2.05) is 0 Å². The fourth-order valence-electron chi connectivity index (χ4n) is 1.50. The quantitative estimate of drug-likeness (QED) is 0.825. The fraction of sp³-hybridized carbons (Fsp3) is 0.400. The Balaban J connectivity index is 2.22. The van der Waals surface area contributed by atoms with Crippen LogP contribution in [0.1, 0.15) is 18.0 Å². The number of hydrogen-bond donors (Lipinski definition) is 2. The molecule has 1 aliphatic heterocycles. The molecular formula is C10H11F2NO3. The van der Waals surface area contributed by atoms with Gasteiger partial charge in [0.15, 0.2) is 11.5 Å². The van der Waals surface area contributed by atoms with Crippen LogP contribution in [0.25, 0.3) is 0 Å². The first-order chi connectivity index (χ1) is 7.52. The summed E-state index contributed by atoms with van der Waals surface area (Å²) in [5.74, 6) is -0.0409. The van der Waals surface area contributed by atoms with Gasteiger partial charge >= 0.3 is 6.29 Å². The number of fused-ring (bicyclic) bond motifs is 1. The van der Waals surface area contributed by atoms with Crippen LogP contribution in [-0.2, 0) is 0 Å². The monoisotopic (exact) mass is 231 g/mol. The molecule has 0 saturated heterocycles. The van der Waals surface area contributed by atoms with Crippen LogP contribution in [0.5, 0.6) is 11.5 Å². The zero-order valence-corrected chi connectivity index (χ0v) is 8.32. The molecule has 0 aliphatic carbocycles. The predicted molar refractivity (Wildman–Crippen MR) is 51.3 cm³/mol. The average Bonchev–Trinajstić information content (AvgIpc) is 2.50. The van der Waals surface area contributed by atoms with Gasteiger partial charge in [-0.1, -0.05) is 6.07 Å². The van der Waals surface area contributed by atoms with Gasteiger partial charge in [-0.25, -0.2) is 0 Å². The second kappa shape index (κ2) is 3.88. The van der Waals surface area contributed by atoms with Crippen molar-refractivity contribution in [1.82, 2.24) is 0 Å². The topological polar surface area (TPSA) is 64.7 Å². The molecule has 0 aromatic heterocycles. The number of nitrogens with two attached hydrogens (primary N) is 1. The molecule has 0 saturated carbocycles. The normalized spacial score (nSPS) is 18.5. The van der Waals surface area contributed by atoms with Crippen molar-refractivity contribution in [1.29, 1.82) is 0 Å². The summed E-state index contributed by atoms with van der Waals surface area (Å²) >= 11 is 0. The first-order valence-electron chi connectivity index (χ1n) is 4.78. The van der Waals surface area contributed by atoms with E-state index in [1.165, 1.54) is 12.1 Å². The Morgan fingerprint density at radius 1 is 1.31 bits per heavy atom. The van der Waals surface area contributed by atoms with Gasteiger partial charge in [0, 0.05) is 12.6 Å². The zero-order valence-electron chi connectivity index (χ0n) is 8.32. The van der Waals surface area contributed by atoms with Gasteiger partial charge in [-0.15, -0.1) is 8.78 Å². The Hall–Kier alpha value is -1.40. The maximum atomic E-state index is 12.7. The summed E-state index contributed by atoms with van der Waals surface area (Å²) in [5.41, 5.74) is 6.34. The molecule has 0 radical (unpaired) electrons. The molecule has 0 unspecified atom stereocenters. The van der Waals surface area contributed by atoms with E-state index in [-0.39, 0.29) is 18.1 Å². The van der Waals surface area contributed by atoms with E-state index in [0.717, 1.165) is 0 Å². The Labute approximate surface area is 90.6 Å². The van der Waals surface area contributed by atoms with Gasteiger partial charge in [0.1, 0.15) is 0 Å². The summed E-state index contributed by atoms with van der Waals surface area (Å²) < 4.78 is 33.9. The lowest BCUT2D eigenvalue weighted by Crippen LogP contribution is -2.25. The Morgan fingerprint density at radius 3 is 2.69 bits per heavy atom. The van der Waals surface area contributed by atoms with E-state index in [4.69, 9.17) is 10.8 Å². The number of benzene rings is 1. The minimum atomic E-state index is -3.61. The maximum Gasteiger partial charge on any atom is 0.586 e. The molecule has 0 bridgehead atoms. The highest BCUT2D eigenvalue weighted by Gasteiger charge is 2.43. The standard InChI is InChI=1S/C10H11F2NO3/c11-10(12)15-8-2-1-6(5-9(8)16-10)7(13)3-4-14/h1-2,5,7,14H,3-4,13H2/t7-/m1/s1. The lowest BCUT2D eigenvalue weighted by atomic mass is 10.0. The van der Waals surface area contributed by atoms with Crippen LogP contribution in [-0.4, -0.2) is 18.0 Å². The highest BCUT2D eigenvalue weighted by molar-refractivity contribution is 5.45. The predicted octanol–water partition coefficient (Wildman–Crippen LogP) is 1.39. The van der Waals surface area contributed by atoms with E-state index in [1.54, 1.807) is 6.07 Å². The van der Waals surface area contributed by atoms with Crippen LogP contribution in [0.3, 0.4) is 0 Å². The van der Waals surface area contributed by atoms with Gasteiger partial charge < -0.3 is 20.3 Å². The van der Waals surface area contributed by atoms with E-state index in [9.17, 15) is 8.78 Å². The second-order valence-corrected chi connectivity index (χ2v) is 3.49. The molecule has 0 amide bonds. The number of hydrogen-bond acceptors (Lipinski definition) is 4. The number of rotatable bonds is 3. The average molecular weight is 231 g/mol. The Kier molecular flexibility index (Phi) is 2.69. The van der Waals surface area contributed by atoms with Crippen molar-refractivity contribution < 1.29 is 23.4 Å². The van der Waals surface area contributed by atoms with Crippen LogP contribution in [0.15, 0.2) is 18.2 Å². The van der Waals surface area contributed by atoms with Crippen molar-refractivity contribution in [2.24, 2.45) is 5.73 Å². The van der Waals surface area contributed by atoms with Gasteiger partial charge in [-0.3, -0.25) is 0 Å². The fourth-order valence-corrected chi connectivity index (χ4v) is 1.50. The highest BCUT2D eigenvalue weighted by Crippen LogP contribution is 2.41. The first-order valence-corrected chi connectivity index (χ1v) is 4.78. The third-order valence-corrected chi connectivity index (χ3v) is 2.29. The zero-order chi connectivity index (χ0) is 11.8. The number of aliphatic hydroxyl groups excluding tert-OH is 1. The van der Waals surface area contributed by atoms with E-state index in [0.29, 0.717) is 12.0 Å². The molecule has 1 aromatic rings. The van der Waals surface area contributed by atoms with Crippen LogP contribution in [0.4, 0.5) is 8.78 Å². The number of aliphatic hydroxyl groups is 1. The third-order valence-electron chi connectivity index (χ3n) is 2.29. The van der Waals surface area contributed by atoms with Crippen molar-refractivity contribution in [3.05, 3.63) is 23.8 Å². The smallest absolute Gasteiger partial charge is 0.396 e. The second-order valence-electron chi connectivity index (χ2n) is 3.49. The third kappa shape index (κ3) is 2.07. The lowest BCUT2D eigenvalue weighted by molar-refractivity contribution is -0.286. The summed E-state index contributed by atoms with van der Waals surface area (Å²) in [7, 11) is 0. The summed E-state index contributed by atoms with van der Waals surface area (Å²) in [6.07, 6.45) is -3.25. The number of alkyl halides is 2. The minimum Gasteiger partial charge on any atom is -0.396 e. The van der Waals surface area contributed by atoms with E-state index in [2.05, 4.69) is 9.47 Å². The van der Waals surface area contributed by atoms with Crippen molar-refractivity contribution in [3.8, 4) is 11.5 Å². The molecule has 4 nitrogen and oxygen atoms in total. The molecule has 1 aliphatic rings. The van der Waals surface area contributed by atoms with Crippen LogP contribution in [0.2, 0.25) is 0 Å². The molecule has 1 heterocycles. The van der Waals surface area contributed by atoms with Crippen LogP contribution in [0, 0.1) is 0 Å². The molecule has 0 fully saturated rings. The Bertz CT molecular complexity index is 398. The van der Waals surface area contributed by atoms with Crippen molar-refractivity contribution in [2.45, 2.75) is 18.8 Å². The summed E-state index contributed by atoms with van der Waals surface area (Å²) in [6, 6.07) is 3.94. The van der Waals surface area contributed by atoms with Gasteiger partial charge in [-0.05, 0) is 24.1 Å². The number of ether oxygens (including phenoxy) is 2. The molecule has 0 spiro atoms. The van der Waals surface area contributed by atoms with Crippen LogP contribution >= 0.6 is 0 Å². The summed E-state index contributed by atoms with van der Waals surface area (Å²) in [5, 5.41) is 8.72. The molecule has 88 valence electrons. The van der Waals surface area contributed by atoms with E-state index < -0.39 is 12.3 Å². The Morgan fingerprint density at radius 2 is 2.00 bits per heavy atom. The van der Waals surface area contributed by atoms with E-state index >= 15 is 0 Å². The van der Waals surface area contributed by atoms with Crippen molar-refractivity contribution >= 4 is 0 Å². The molecule has 3 N–H and O–H groups in total. The first kappa shape index (κ1) is 11.1. The molecule has 16 heavy (non-hydrogen) atoms. The molecule has 2 rings (SSSR count). The highest BCUT2D eigenvalue weighted by atomic mass is 19.3. The molecule has 1 aromatic carbocycles. The van der Waals surface area contributed by atoms with Gasteiger partial charge in [0.2, 0.25) is 0 Å².